The molecule has 3 rings (SSSR count). The van der Waals surface area contributed by atoms with Gasteiger partial charge in [0.2, 0.25) is 11.1 Å². The Labute approximate surface area is 346 Å². The molecule has 0 spiro atoms. The van der Waals surface area contributed by atoms with Crippen LogP contribution in [0.15, 0.2) is 72.8 Å². The summed E-state index contributed by atoms with van der Waals surface area (Å²) in [6, 6.07) is 22.4. The lowest BCUT2D eigenvalue weighted by Gasteiger charge is -2.24. The molecule has 0 heterocycles. The number of carbonyl (C=O) groups excluding carboxylic acids is 4. The minimum absolute atomic E-state index is 0.0509. The Morgan fingerprint density at radius 2 is 0.788 bits per heavy atom. The number of hydrogen-bond acceptors (Lipinski definition) is 5. The molecule has 1 amide bonds. The highest BCUT2D eigenvalue weighted by molar-refractivity contribution is 6.97. The van der Waals surface area contributed by atoms with Crippen LogP contribution in [0.4, 0.5) is 0 Å². The van der Waals surface area contributed by atoms with E-state index < -0.39 is 16.5 Å². The van der Waals surface area contributed by atoms with Crippen molar-refractivity contribution in [1.82, 2.24) is 5.32 Å². The number of amides is 1. The third-order valence-corrected chi connectivity index (χ3v) is 8.42. The maximum Gasteiger partial charge on any atom is 0.304 e. The van der Waals surface area contributed by atoms with Gasteiger partial charge in [0.25, 0.3) is 0 Å². The quantitative estimate of drug-likeness (QED) is 0.119. The van der Waals surface area contributed by atoms with Crippen LogP contribution in [0.3, 0.4) is 0 Å². The fourth-order valence-corrected chi connectivity index (χ4v) is 4.94. The number of aliphatic carboxylic acids is 1. The summed E-state index contributed by atoms with van der Waals surface area (Å²) in [6.45, 7) is 11.9. The van der Waals surface area contributed by atoms with Crippen molar-refractivity contribution in [2.45, 2.75) is 77.0 Å². The van der Waals surface area contributed by atoms with Crippen LogP contribution in [-0.4, -0.2) is 45.1 Å². The molecule has 3 aromatic carbocycles. The number of benzene rings is 3. The number of alkyl halides is 2. The van der Waals surface area contributed by atoms with Crippen LogP contribution < -0.4 is 5.32 Å². The van der Waals surface area contributed by atoms with Gasteiger partial charge >= 0.3 is 16.5 Å². The summed E-state index contributed by atoms with van der Waals surface area (Å²) >= 11 is 41.2. The summed E-state index contributed by atoms with van der Waals surface area (Å²) in [6.07, 6.45) is 0.927. The van der Waals surface area contributed by atoms with Crippen molar-refractivity contribution in [3.8, 4) is 0 Å². The first kappa shape index (κ1) is 52.0. The number of carboxylic acid groups (broad SMARTS) is 1. The molecule has 2 N–H and O–H groups in total. The minimum atomic E-state index is -1.14. The Balaban J connectivity index is 0. The minimum Gasteiger partial charge on any atom is -0.481 e. The molecular weight excluding hydrogens is 838 g/mol. The molecule has 0 saturated carbocycles. The summed E-state index contributed by atoms with van der Waals surface area (Å²) < 4.78 is 0. The first-order valence-electron chi connectivity index (χ1n) is 15.2. The van der Waals surface area contributed by atoms with Crippen molar-refractivity contribution in [1.29, 1.82) is 0 Å². The topological polar surface area (TPSA) is 118 Å². The van der Waals surface area contributed by atoms with E-state index in [4.69, 9.17) is 74.7 Å². The SMILES string of the molecule is CC(C)(CC(=O)Cl)c1ccc(Cl)cc1.CC(C)(CC(=O)O)c1ccc(Cl)cc1.CNC(=O)CC(C)(C)c1ccc(Cl)cc1.ClCCl.O=C(Cl)C(=O)Cl. The lowest BCUT2D eigenvalue weighted by molar-refractivity contribution is -0.138. The molecule has 15 heteroatoms. The third-order valence-electron chi connectivity index (χ3n) is 7.09. The summed E-state index contributed by atoms with van der Waals surface area (Å²) in [5.74, 6) is -0.736. The van der Waals surface area contributed by atoms with Crippen LogP contribution in [-0.2, 0) is 40.2 Å². The van der Waals surface area contributed by atoms with Gasteiger partial charge in [-0.25, -0.2) is 0 Å². The molecule has 7 nitrogen and oxygen atoms in total. The Kier molecular flexibility index (Phi) is 25.9. The van der Waals surface area contributed by atoms with Crippen LogP contribution in [0.25, 0.3) is 0 Å². The molecule has 0 aliphatic carbocycles. The van der Waals surface area contributed by atoms with Crippen LogP contribution in [0.1, 0.15) is 77.5 Å². The lowest BCUT2D eigenvalue weighted by atomic mass is 9.81. The second-order valence-corrected chi connectivity index (χ2v) is 16.0. The maximum atomic E-state index is 11.3. The number of carboxylic acids is 1. The van der Waals surface area contributed by atoms with Crippen molar-refractivity contribution in [2.24, 2.45) is 0 Å². The highest BCUT2D eigenvalue weighted by Crippen LogP contribution is 2.30. The molecule has 0 aromatic heterocycles. The standard InChI is InChI=1S/C12H16ClNO.C11H12Cl2O.C11H13ClO2.C2Cl2O2.CH2Cl2/c1-12(2,8-11(15)14-3)9-4-6-10(13)7-5-9;2*1-11(2,7-10(13)14)8-3-5-9(12)6-4-8;3-1(5)2(4)6;2-1-3/h4-7H,8H2,1-3H3,(H,14,15);3-6H,7H2,1-2H3;3-6H,7H2,1-2H3,(H,13,14);;1H2. The van der Waals surface area contributed by atoms with E-state index in [1.54, 1.807) is 19.2 Å². The van der Waals surface area contributed by atoms with Crippen molar-refractivity contribution in [2.75, 3.05) is 12.4 Å². The fraction of sp³-hybridized carbons (Fsp3) is 0.378. The average molecular weight is 881 g/mol. The molecule has 288 valence electrons. The highest BCUT2D eigenvalue weighted by Gasteiger charge is 2.25. The molecule has 0 radical (unpaired) electrons. The van der Waals surface area contributed by atoms with Gasteiger partial charge in [0.1, 0.15) is 0 Å². The molecule has 0 bridgehead atoms. The van der Waals surface area contributed by atoms with Gasteiger partial charge in [-0.15, -0.1) is 23.2 Å². The van der Waals surface area contributed by atoms with Crippen molar-refractivity contribution in [3.05, 3.63) is 105 Å². The van der Waals surface area contributed by atoms with Crippen molar-refractivity contribution < 1.29 is 29.1 Å². The van der Waals surface area contributed by atoms with Crippen LogP contribution >= 0.6 is 92.8 Å². The van der Waals surface area contributed by atoms with Gasteiger partial charge in [-0.05, 0) is 98.7 Å². The molecule has 0 saturated heterocycles. The van der Waals surface area contributed by atoms with Gasteiger partial charge in [-0.2, -0.15) is 0 Å². The lowest BCUT2D eigenvalue weighted by Crippen LogP contribution is -2.28. The molecule has 0 aliphatic heterocycles. The normalized spacial score (nSPS) is 10.6. The Morgan fingerprint density at radius 3 is 1.00 bits per heavy atom. The first-order valence-corrected chi connectivity index (χ1v) is 18.6. The molecule has 52 heavy (non-hydrogen) atoms. The Bertz CT molecular complexity index is 1480. The van der Waals surface area contributed by atoms with E-state index in [1.165, 1.54) is 0 Å². The van der Waals surface area contributed by atoms with Crippen LogP contribution in [0.2, 0.25) is 15.1 Å². The molecule has 0 atom stereocenters. The van der Waals surface area contributed by atoms with Gasteiger partial charge in [0, 0.05) is 40.4 Å². The second-order valence-electron chi connectivity index (χ2n) is 12.8. The van der Waals surface area contributed by atoms with E-state index in [0.717, 1.165) is 21.7 Å². The van der Waals surface area contributed by atoms with Crippen LogP contribution in [0.5, 0.6) is 0 Å². The summed E-state index contributed by atoms with van der Waals surface area (Å²) in [5.41, 5.74) is 2.43. The van der Waals surface area contributed by atoms with E-state index in [9.17, 15) is 24.0 Å². The molecule has 0 fully saturated rings. The van der Waals surface area contributed by atoms with Gasteiger partial charge in [-0.3, -0.25) is 24.0 Å². The summed E-state index contributed by atoms with van der Waals surface area (Å²) in [7, 11) is 1.65. The number of rotatable bonds is 10. The average Bonchev–Trinajstić information content (AvgIpc) is 3.01. The van der Waals surface area contributed by atoms with Gasteiger partial charge in [0.15, 0.2) is 0 Å². The molecule has 3 aromatic rings. The zero-order chi connectivity index (χ0) is 40.9. The first-order chi connectivity index (χ1) is 23.8. The predicted molar refractivity (Wildman–Crippen MR) is 218 cm³/mol. The van der Waals surface area contributed by atoms with Gasteiger partial charge in [0.05, 0.1) is 11.8 Å². The van der Waals surface area contributed by atoms with Crippen molar-refractivity contribution >= 4 is 120 Å². The summed E-state index contributed by atoms with van der Waals surface area (Å²) in [4.78, 5) is 51.7. The Morgan fingerprint density at radius 1 is 0.538 bits per heavy atom. The predicted octanol–water partition coefficient (Wildman–Crippen LogP) is 11.6. The molecule has 0 unspecified atom stereocenters. The number of carbonyl (C=O) groups is 5. The third kappa shape index (κ3) is 23.6. The second kappa shape index (κ2) is 25.9. The zero-order valence-electron chi connectivity index (χ0n) is 29.8. The number of nitrogens with one attached hydrogen (secondary N) is 1. The van der Waals surface area contributed by atoms with E-state index in [-0.39, 0.29) is 39.2 Å². The van der Waals surface area contributed by atoms with Gasteiger partial charge in [-0.1, -0.05) is 113 Å². The maximum absolute atomic E-state index is 11.3. The number of halogens is 8. The highest BCUT2D eigenvalue weighted by atomic mass is 35.5. The van der Waals surface area contributed by atoms with Crippen LogP contribution in [0, 0.1) is 0 Å². The number of hydrogen-bond donors (Lipinski definition) is 2. The molecular formula is C37H43Cl8NO6. The summed E-state index contributed by atoms with van der Waals surface area (Å²) in [5, 5.41) is 11.1. The zero-order valence-corrected chi connectivity index (χ0v) is 35.8. The van der Waals surface area contributed by atoms with E-state index >= 15 is 0 Å². The largest absolute Gasteiger partial charge is 0.481 e. The smallest absolute Gasteiger partial charge is 0.304 e. The van der Waals surface area contributed by atoms with E-state index in [2.05, 4.69) is 28.5 Å². The monoisotopic (exact) mass is 877 g/mol. The van der Waals surface area contributed by atoms with Crippen molar-refractivity contribution in [3.63, 3.8) is 0 Å². The van der Waals surface area contributed by atoms with E-state index in [0.29, 0.717) is 22.9 Å². The Hall–Kier alpha value is -2.07. The molecule has 0 aliphatic rings. The van der Waals surface area contributed by atoms with Gasteiger partial charge < -0.3 is 10.4 Å². The fourth-order valence-electron chi connectivity index (χ4n) is 4.22. The van der Waals surface area contributed by atoms with E-state index in [1.807, 2.05) is 102 Å².